The van der Waals surface area contributed by atoms with Gasteiger partial charge >= 0.3 is 6.09 Å². The van der Waals surface area contributed by atoms with Gasteiger partial charge in [0, 0.05) is 38.6 Å². The minimum Gasteiger partial charge on any atom is -0.444 e. The number of rotatable bonds is 2. The van der Waals surface area contributed by atoms with Gasteiger partial charge in [-0.15, -0.1) is 24.8 Å². The highest BCUT2D eigenvalue weighted by atomic mass is 35.5. The molecule has 24 heavy (non-hydrogen) atoms. The number of alkyl halides is 2. The minimum absolute atomic E-state index is 0. The summed E-state index contributed by atoms with van der Waals surface area (Å²) in [6.07, 6.45) is 0.179. The van der Waals surface area contributed by atoms with Crippen molar-refractivity contribution < 1.29 is 18.3 Å². The minimum atomic E-state index is -2.64. The smallest absolute Gasteiger partial charge is 0.410 e. The zero-order chi connectivity index (χ0) is 16.4. The number of piperazine rings is 1. The second-order valence-corrected chi connectivity index (χ2v) is 7.19. The molecule has 0 bridgehead atoms. The van der Waals surface area contributed by atoms with Crippen molar-refractivity contribution in [3.8, 4) is 0 Å². The molecule has 1 amide bonds. The predicted molar refractivity (Wildman–Crippen MR) is 94.7 cm³/mol. The molecule has 2 heterocycles. The van der Waals surface area contributed by atoms with Crippen LogP contribution in [-0.4, -0.2) is 73.2 Å². The summed E-state index contributed by atoms with van der Waals surface area (Å²) in [6, 6.07) is 0. The number of carbonyl (C=O) groups is 1. The highest BCUT2D eigenvalue weighted by molar-refractivity contribution is 5.85. The second-order valence-electron chi connectivity index (χ2n) is 7.19. The van der Waals surface area contributed by atoms with E-state index in [9.17, 15) is 13.6 Å². The molecule has 5 nitrogen and oxygen atoms in total. The second kappa shape index (κ2) is 9.36. The topological polar surface area (TPSA) is 44.8 Å². The van der Waals surface area contributed by atoms with E-state index >= 15 is 0 Å². The van der Waals surface area contributed by atoms with E-state index in [-0.39, 0.29) is 37.5 Å². The van der Waals surface area contributed by atoms with Crippen LogP contribution >= 0.6 is 24.8 Å². The molecule has 0 spiro atoms. The van der Waals surface area contributed by atoms with Crippen LogP contribution in [0.1, 0.15) is 27.2 Å². The summed E-state index contributed by atoms with van der Waals surface area (Å²) in [6.45, 7) is 8.64. The summed E-state index contributed by atoms with van der Waals surface area (Å²) in [5.41, 5.74) is -0.509. The number of carbonyl (C=O) groups excluding carboxylic acids is 1. The molecular weight excluding hydrogens is 363 g/mol. The molecule has 144 valence electrons. The van der Waals surface area contributed by atoms with Gasteiger partial charge in [0.1, 0.15) is 5.60 Å². The molecule has 2 saturated heterocycles. The van der Waals surface area contributed by atoms with Crippen molar-refractivity contribution in [1.29, 1.82) is 0 Å². The lowest BCUT2D eigenvalue weighted by molar-refractivity contribution is -0.0857. The van der Waals surface area contributed by atoms with Crippen LogP contribution in [-0.2, 0) is 4.74 Å². The molecule has 2 rings (SSSR count). The molecule has 0 saturated carbocycles. The van der Waals surface area contributed by atoms with Gasteiger partial charge in [-0.3, -0.25) is 4.90 Å². The van der Waals surface area contributed by atoms with Crippen LogP contribution in [0.4, 0.5) is 13.6 Å². The number of piperidine rings is 1. The van der Waals surface area contributed by atoms with Crippen LogP contribution in [0.5, 0.6) is 0 Å². The Morgan fingerprint density at radius 3 is 2.29 bits per heavy atom. The Morgan fingerprint density at radius 1 is 1.21 bits per heavy atom. The van der Waals surface area contributed by atoms with Gasteiger partial charge in [0.25, 0.3) is 5.92 Å². The van der Waals surface area contributed by atoms with Gasteiger partial charge in [0.05, 0.1) is 6.54 Å². The quantitative estimate of drug-likeness (QED) is 0.785. The fourth-order valence-electron chi connectivity index (χ4n) is 2.86. The van der Waals surface area contributed by atoms with Gasteiger partial charge in [-0.25, -0.2) is 13.6 Å². The maximum Gasteiger partial charge on any atom is 0.410 e. The van der Waals surface area contributed by atoms with Crippen LogP contribution in [0.15, 0.2) is 0 Å². The number of hydrogen-bond donors (Lipinski definition) is 1. The first-order valence-corrected chi connectivity index (χ1v) is 7.96. The first kappa shape index (κ1) is 23.6. The molecule has 0 aromatic heterocycles. The van der Waals surface area contributed by atoms with E-state index in [2.05, 4.69) is 5.32 Å². The average molecular weight is 392 g/mol. The van der Waals surface area contributed by atoms with Crippen molar-refractivity contribution >= 4 is 30.9 Å². The molecule has 2 aliphatic rings. The SMILES string of the molecule is CC(C)(C)OC(=O)N1CCN(CC2CCNCC2(F)F)CC1.Cl.Cl. The zero-order valence-corrected chi connectivity index (χ0v) is 16.2. The Morgan fingerprint density at radius 2 is 1.79 bits per heavy atom. The maximum atomic E-state index is 13.8. The highest BCUT2D eigenvalue weighted by Crippen LogP contribution is 2.30. The Labute approximate surface area is 155 Å². The van der Waals surface area contributed by atoms with E-state index in [1.807, 2.05) is 25.7 Å². The summed E-state index contributed by atoms with van der Waals surface area (Å²) in [4.78, 5) is 15.7. The summed E-state index contributed by atoms with van der Waals surface area (Å²) in [5, 5.41) is 2.75. The van der Waals surface area contributed by atoms with E-state index < -0.39 is 17.4 Å². The van der Waals surface area contributed by atoms with E-state index in [1.165, 1.54) is 0 Å². The average Bonchev–Trinajstić information content (AvgIpc) is 2.40. The van der Waals surface area contributed by atoms with Crippen LogP contribution in [0.25, 0.3) is 0 Å². The van der Waals surface area contributed by atoms with Gasteiger partial charge in [0.2, 0.25) is 0 Å². The van der Waals surface area contributed by atoms with E-state index in [0.717, 1.165) is 0 Å². The standard InChI is InChI=1S/C15H27F2N3O2.2ClH/c1-14(2,3)22-13(21)20-8-6-19(7-9-20)10-12-4-5-18-11-15(12,16)17;;/h12,18H,4-11H2,1-3H3;2*1H. The summed E-state index contributed by atoms with van der Waals surface area (Å²) >= 11 is 0. The summed E-state index contributed by atoms with van der Waals surface area (Å²) in [5.74, 6) is -3.23. The van der Waals surface area contributed by atoms with Gasteiger partial charge < -0.3 is 15.0 Å². The number of hydrogen-bond acceptors (Lipinski definition) is 4. The molecule has 1 N–H and O–H groups in total. The monoisotopic (exact) mass is 391 g/mol. The molecule has 1 atom stereocenters. The molecule has 0 aromatic carbocycles. The molecule has 9 heteroatoms. The van der Waals surface area contributed by atoms with Gasteiger partial charge in [-0.05, 0) is 33.7 Å². The molecule has 0 radical (unpaired) electrons. The third kappa shape index (κ3) is 6.86. The van der Waals surface area contributed by atoms with Gasteiger partial charge in [-0.2, -0.15) is 0 Å². The normalized spacial score (nSPS) is 24.5. The van der Waals surface area contributed by atoms with Gasteiger partial charge in [0.15, 0.2) is 0 Å². The molecule has 2 aliphatic heterocycles. The molecule has 1 unspecified atom stereocenters. The lowest BCUT2D eigenvalue weighted by atomic mass is 9.93. The van der Waals surface area contributed by atoms with Crippen molar-refractivity contribution in [3.05, 3.63) is 0 Å². The van der Waals surface area contributed by atoms with Crippen LogP contribution in [0.3, 0.4) is 0 Å². The fourth-order valence-corrected chi connectivity index (χ4v) is 2.86. The van der Waals surface area contributed by atoms with Gasteiger partial charge in [-0.1, -0.05) is 0 Å². The number of amides is 1. The van der Waals surface area contributed by atoms with E-state index in [4.69, 9.17) is 4.74 Å². The third-order valence-electron chi connectivity index (χ3n) is 4.13. The molecule has 0 aliphatic carbocycles. The van der Waals surface area contributed by atoms with Crippen LogP contribution < -0.4 is 5.32 Å². The largest absolute Gasteiger partial charge is 0.444 e. The number of ether oxygens (including phenoxy) is 1. The molecular formula is C15H29Cl2F2N3O2. The summed E-state index contributed by atoms with van der Waals surface area (Å²) < 4.78 is 33.0. The third-order valence-corrected chi connectivity index (χ3v) is 4.13. The summed E-state index contributed by atoms with van der Waals surface area (Å²) in [7, 11) is 0. The van der Waals surface area contributed by atoms with Crippen LogP contribution in [0, 0.1) is 5.92 Å². The van der Waals surface area contributed by atoms with Crippen molar-refractivity contribution in [2.45, 2.75) is 38.7 Å². The Kier molecular flexibility index (Phi) is 9.22. The van der Waals surface area contributed by atoms with E-state index in [0.29, 0.717) is 45.7 Å². The van der Waals surface area contributed by atoms with Crippen molar-refractivity contribution in [3.63, 3.8) is 0 Å². The lowest BCUT2D eigenvalue weighted by Gasteiger charge is -2.39. The maximum absolute atomic E-state index is 13.8. The van der Waals surface area contributed by atoms with Crippen molar-refractivity contribution in [2.24, 2.45) is 5.92 Å². The van der Waals surface area contributed by atoms with Crippen molar-refractivity contribution in [2.75, 3.05) is 45.8 Å². The molecule has 2 fully saturated rings. The van der Waals surface area contributed by atoms with E-state index in [1.54, 1.807) is 4.90 Å². The lowest BCUT2D eigenvalue weighted by Crippen LogP contribution is -2.54. The number of halogens is 4. The highest BCUT2D eigenvalue weighted by Gasteiger charge is 2.42. The molecule has 0 aromatic rings. The Balaban J connectivity index is 0.00000264. The first-order chi connectivity index (χ1) is 10.2. The van der Waals surface area contributed by atoms with Crippen LogP contribution in [0.2, 0.25) is 0 Å². The fraction of sp³-hybridized carbons (Fsp3) is 0.933. The first-order valence-electron chi connectivity index (χ1n) is 7.96. The van der Waals surface area contributed by atoms with Crippen molar-refractivity contribution in [1.82, 2.24) is 15.1 Å². The Hall–Kier alpha value is -0.370. The number of nitrogens with one attached hydrogen (secondary N) is 1. The number of nitrogens with zero attached hydrogens (tertiary/aromatic N) is 2. The predicted octanol–water partition coefficient (Wildman–Crippen LogP) is 2.63. The zero-order valence-electron chi connectivity index (χ0n) is 14.5. The Bertz CT molecular complexity index is 401.